The number of nitrogens with zero attached hydrogens (tertiary/aromatic N) is 2. The third-order valence-corrected chi connectivity index (χ3v) is 5.87. The Bertz CT molecular complexity index is 923. The molecule has 0 atom stereocenters. The minimum Gasteiger partial charge on any atom is -0.348 e. The van der Waals surface area contributed by atoms with Crippen molar-refractivity contribution in [3.63, 3.8) is 0 Å². The van der Waals surface area contributed by atoms with Crippen LogP contribution in [0, 0.1) is 0 Å². The first-order valence-corrected chi connectivity index (χ1v) is 13.0. The minimum atomic E-state index is -0.0433. The van der Waals surface area contributed by atoms with Crippen molar-refractivity contribution < 1.29 is 0 Å². The van der Waals surface area contributed by atoms with Gasteiger partial charge in [-0.25, -0.2) is 4.98 Å². The summed E-state index contributed by atoms with van der Waals surface area (Å²) < 4.78 is 0. The molecule has 0 saturated carbocycles. The fourth-order valence-corrected chi connectivity index (χ4v) is 4.16. The summed E-state index contributed by atoms with van der Waals surface area (Å²) in [5.41, 5.74) is 7.04. The number of aromatic nitrogens is 1. The molecular formula is C29H44N2S. The Hall–Kier alpha value is -2.39. The molecule has 0 spiro atoms. The summed E-state index contributed by atoms with van der Waals surface area (Å²) in [4.78, 5) is 7.03. The molecule has 2 nitrogen and oxygen atoms in total. The minimum absolute atomic E-state index is 0.0433. The van der Waals surface area contributed by atoms with Gasteiger partial charge in [0.05, 0.1) is 5.69 Å². The first-order valence-electron chi connectivity index (χ1n) is 12.1. The number of fused-ring (bicyclic) bond motifs is 1. The van der Waals surface area contributed by atoms with Crippen LogP contribution in [0.3, 0.4) is 0 Å². The highest BCUT2D eigenvalue weighted by Crippen LogP contribution is 2.47. The molecule has 4 rings (SSSR count). The number of anilines is 1. The number of allylic oxidation sites excluding steroid dienone is 1. The van der Waals surface area contributed by atoms with E-state index in [4.69, 9.17) is 4.98 Å². The van der Waals surface area contributed by atoms with E-state index in [0.29, 0.717) is 0 Å². The molecule has 0 unspecified atom stereocenters. The lowest BCUT2D eigenvalue weighted by atomic mass is 9.83. The van der Waals surface area contributed by atoms with Crippen molar-refractivity contribution in [3.05, 3.63) is 71.8 Å². The van der Waals surface area contributed by atoms with Crippen molar-refractivity contribution in [3.8, 4) is 21.8 Å². The van der Waals surface area contributed by atoms with Gasteiger partial charge in [0.25, 0.3) is 0 Å². The smallest absolute Gasteiger partial charge is 0.124 e. The molecule has 1 aliphatic rings. The summed E-state index contributed by atoms with van der Waals surface area (Å²) >= 11 is 1.69. The molecular weight excluding hydrogens is 408 g/mol. The molecule has 1 aliphatic heterocycles. The van der Waals surface area contributed by atoms with Crippen molar-refractivity contribution in [2.75, 3.05) is 11.9 Å². The lowest BCUT2D eigenvalue weighted by molar-refractivity contribution is 0.643. The van der Waals surface area contributed by atoms with Crippen LogP contribution in [0.15, 0.2) is 66.2 Å². The van der Waals surface area contributed by atoms with E-state index >= 15 is 0 Å². The van der Waals surface area contributed by atoms with E-state index in [2.05, 4.69) is 80.2 Å². The van der Waals surface area contributed by atoms with Crippen LogP contribution in [0.25, 0.3) is 21.8 Å². The Morgan fingerprint density at radius 2 is 1.38 bits per heavy atom. The number of hydrogen-bond donors (Lipinski definition) is 0. The lowest BCUT2D eigenvalue weighted by Gasteiger charge is -2.22. The zero-order chi connectivity index (χ0) is 24.9. The van der Waals surface area contributed by atoms with Gasteiger partial charge in [-0.2, -0.15) is 0 Å². The van der Waals surface area contributed by atoms with E-state index < -0.39 is 0 Å². The average Bonchev–Trinajstić information content (AvgIpc) is 3.44. The number of benzene rings is 2. The van der Waals surface area contributed by atoms with Crippen molar-refractivity contribution >= 4 is 17.0 Å². The summed E-state index contributed by atoms with van der Waals surface area (Å²) in [5, 5.41) is 3.21. The Labute approximate surface area is 202 Å². The van der Waals surface area contributed by atoms with E-state index in [-0.39, 0.29) is 5.41 Å². The van der Waals surface area contributed by atoms with Gasteiger partial charge in [-0.05, 0) is 17.7 Å². The van der Waals surface area contributed by atoms with Crippen molar-refractivity contribution in [2.45, 2.75) is 74.7 Å². The van der Waals surface area contributed by atoms with Gasteiger partial charge in [-0.1, -0.05) is 112 Å². The Kier molecular flexibility index (Phi) is 13.5. The molecule has 3 aromatic rings. The SMILES string of the molecule is C=C1N(C)c2ccc(-c3csc(-c4ccccc4)n3)cc2C1(C)C.CC.CC.CC.CC. The molecule has 1 aromatic heterocycles. The number of likely N-dealkylation sites (N-methyl/N-ethyl adjacent to an activating group) is 1. The fourth-order valence-electron chi connectivity index (χ4n) is 3.33. The highest BCUT2D eigenvalue weighted by atomic mass is 32.1. The predicted molar refractivity (Wildman–Crippen MR) is 149 cm³/mol. The molecule has 3 heteroatoms. The Balaban J connectivity index is 0.00000109. The Morgan fingerprint density at radius 1 is 0.812 bits per heavy atom. The van der Waals surface area contributed by atoms with Crippen LogP contribution >= 0.6 is 11.3 Å². The standard InChI is InChI=1S/C21H20N2S.4C2H6/c1-14-21(2,3)17-12-16(10-11-19(17)23(14)4)18-13-24-20(22-18)15-8-6-5-7-9-15;4*1-2/h5-13H,1H2,2-4H3;4*1-2H3. The number of thiazole rings is 1. The summed E-state index contributed by atoms with van der Waals surface area (Å²) in [6.07, 6.45) is 0. The molecule has 2 aromatic carbocycles. The molecule has 0 radical (unpaired) electrons. The van der Waals surface area contributed by atoms with E-state index in [9.17, 15) is 0 Å². The summed E-state index contributed by atoms with van der Waals surface area (Å²) in [6, 6.07) is 17.0. The molecule has 0 saturated heterocycles. The molecule has 0 aliphatic carbocycles. The van der Waals surface area contributed by atoms with Gasteiger partial charge in [0.2, 0.25) is 0 Å². The maximum absolute atomic E-state index is 4.84. The maximum atomic E-state index is 4.84. The average molecular weight is 453 g/mol. The second kappa shape index (κ2) is 14.6. The Morgan fingerprint density at radius 3 is 1.94 bits per heavy atom. The highest BCUT2D eigenvalue weighted by molar-refractivity contribution is 7.13. The molecule has 0 bridgehead atoms. The summed E-state index contributed by atoms with van der Waals surface area (Å²) in [5.74, 6) is 0. The third-order valence-electron chi connectivity index (χ3n) is 4.98. The van der Waals surface area contributed by atoms with Gasteiger partial charge in [0, 0.05) is 40.4 Å². The van der Waals surface area contributed by atoms with Crippen LogP contribution in [0.2, 0.25) is 0 Å². The summed E-state index contributed by atoms with van der Waals surface area (Å²) in [7, 11) is 2.09. The van der Waals surface area contributed by atoms with Crippen LogP contribution in [0.5, 0.6) is 0 Å². The summed E-state index contributed by atoms with van der Waals surface area (Å²) in [6.45, 7) is 24.7. The van der Waals surface area contributed by atoms with Crippen LogP contribution in [-0.2, 0) is 5.41 Å². The lowest BCUT2D eigenvalue weighted by Crippen LogP contribution is -2.21. The molecule has 2 heterocycles. The van der Waals surface area contributed by atoms with Crippen molar-refractivity contribution in [1.82, 2.24) is 4.98 Å². The zero-order valence-electron chi connectivity index (χ0n) is 22.2. The molecule has 0 N–H and O–H groups in total. The number of rotatable bonds is 2. The first kappa shape index (κ1) is 29.6. The monoisotopic (exact) mass is 452 g/mol. The predicted octanol–water partition coefficient (Wildman–Crippen LogP) is 9.82. The van der Waals surface area contributed by atoms with Gasteiger partial charge in [-0.15, -0.1) is 11.3 Å². The fraction of sp³-hybridized carbons (Fsp3) is 0.414. The maximum Gasteiger partial charge on any atom is 0.124 e. The molecule has 176 valence electrons. The number of hydrogen-bond acceptors (Lipinski definition) is 3. The van der Waals surface area contributed by atoms with E-state index in [1.54, 1.807) is 11.3 Å². The quantitative estimate of drug-likeness (QED) is 0.384. The van der Waals surface area contributed by atoms with Gasteiger partial charge < -0.3 is 4.90 Å². The van der Waals surface area contributed by atoms with Crippen LogP contribution < -0.4 is 4.90 Å². The van der Waals surface area contributed by atoms with Crippen molar-refractivity contribution in [1.29, 1.82) is 0 Å². The van der Waals surface area contributed by atoms with Crippen molar-refractivity contribution in [2.24, 2.45) is 0 Å². The normalized spacial score (nSPS) is 12.5. The second-order valence-corrected chi connectivity index (χ2v) is 7.62. The van der Waals surface area contributed by atoms with Crippen LogP contribution in [0.1, 0.15) is 74.8 Å². The molecule has 0 fully saturated rings. The van der Waals surface area contributed by atoms with E-state index in [1.165, 1.54) is 22.4 Å². The third kappa shape index (κ3) is 6.32. The molecule has 32 heavy (non-hydrogen) atoms. The van der Waals surface area contributed by atoms with Gasteiger partial charge in [0.1, 0.15) is 5.01 Å². The van der Waals surface area contributed by atoms with Gasteiger partial charge in [0.15, 0.2) is 0 Å². The highest BCUT2D eigenvalue weighted by Gasteiger charge is 2.37. The van der Waals surface area contributed by atoms with E-state index in [0.717, 1.165) is 16.4 Å². The van der Waals surface area contributed by atoms with Gasteiger partial charge in [-0.3, -0.25) is 0 Å². The van der Waals surface area contributed by atoms with Crippen LogP contribution in [0.4, 0.5) is 5.69 Å². The van der Waals surface area contributed by atoms with E-state index in [1.807, 2.05) is 61.5 Å². The second-order valence-electron chi connectivity index (χ2n) is 6.77. The first-order chi connectivity index (χ1) is 15.5. The topological polar surface area (TPSA) is 16.1 Å². The molecule has 0 amide bonds. The van der Waals surface area contributed by atoms with Gasteiger partial charge >= 0.3 is 0 Å². The van der Waals surface area contributed by atoms with Crippen LogP contribution in [-0.4, -0.2) is 12.0 Å². The largest absolute Gasteiger partial charge is 0.348 e. The zero-order valence-corrected chi connectivity index (χ0v) is 23.0.